The van der Waals surface area contributed by atoms with Crippen LogP contribution in [0, 0.1) is 17.5 Å². The molecule has 0 radical (unpaired) electrons. The molecule has 0 aliphatic rings. The van der Waals surface area contributed by atoms with Gasteiger partial charge >= 0.3 is 0 Å². The minimum Gasteiger partial charge on any atom is -0.352 e. The zero-order valence-corrected chi connectivity index (χ0v) is 11.9. The molecule has 23 heavy (non-hydrogen) atoms. The van der Waals surface area contributed by atoms with Crippen LogP contribution in [0.3, 0.4) is 0 Å². The summed E-state index contributed by atoms with van der Waals surface area (Å²) in [5.41, 5.74) is 2.14. The van der Waals surface area contributed by atoms with Gasteiger partial charge in [-0.1, -0.05) is 6.07 Å². The predicted molar refractivity (Wildman–Crippen MR) is 78.4 cm³/mol. The Hall–Kier alpha value is -2.83. The molecular formula is C16H12F3N3O. The van der Waals surface area contributed by atoms with Crippen LogP contribution in [0.2, 0.25) is 0 Å². The Labute approximate surface area is 129 Å². The molecule has 0 fully saturated rings. The molecule has 4 nitrogen and oxygen atoms in total. The third-order valence-corrected chi connectivity index (χ3v) is 3.46. The van der Waals surface area contributed by atoms with Crippen LogP contribution >= 0.6 is 0 Å². The lowest BCUT2D eigenvalue weighted by atomic mass is 10.1. The van der Waals surface area contributed by atoms with Crippen molar-refractivity contribution in [3.05, 3.63) is 65.2 Å². The van der Waals surface area contributed by atoms with Gasteiger partial charge in [-0.25, -0.2) is 18.2 Å². The first-order chi connectivity index (χ1) is 11.1. The Morgan fingerprint density at radius 3 is 2.78 bits per heavy atom. The summed E-state index contributed by atoms with van der Waals surface area (Å²) >= 11 is 0. The number of halogens is 3. The highest BCUT2D eigenvalue weighted by molar-refractivity contribution is 5.94. The molecule has 0 atom stereocenters. The Morgan fingerprint density at radius 2 is 1.96 bits per heavy atom. The minimum atomic E-state index is -1.65. The van der Waals surface area contributed by atoms with Crippen molar-refractivity contribution in [1.82, 2.24) is 15.3 Å². The average Bonchev–Trinajstić information content (AvgIpc) is 3.00. The highest BCUT2D eigenvalue weighted by Gasteiger charge is 2.18. The summed E-state index contributed by atoms with van der Waals surface area (Å²) in [6.45, 7) is 0.233. The molecule has 2 N–H and O–H groups in total. The third kappa shape index (κ3) is 3.03. The van der Waals surface area contributed by atoms with E-state index < -0.39 is 28.9 Å². The summed E-state index contributed by atoms with van der Waals surface area (Å²) in [6, 6.07) is 7.25. The first kappa shape index (κ1) is 15.1. The normalized spacial score (nSPS) is 10.9. The van der Waals surface area contributed by atoms with Crippen molar-refractivity contribution in [3.8, 4) is 0 Å². The van der Waals surface area contributed by atoms with E-state index in [-0.39, 0.29) is 6.54 Å². The molecule has 2 aromatic carbocycles. The second kappa shape index (κ2) is 6.12. The molecule has 0 saturated carbocycles. The van der Waals surface area contributed by atoms with Gasteiger partial charge < -0.3 is 10.3 Å². The van der Waals surface area contributed by atoms with Gasteiger partial charge in [0.05, 0.1) is 22.9 Å². The van der Waals surface area contributed by atoms with Crippen molar-refractivity contribution >= 4 is 16.9 Å². The fraction of sp³-hybridized carbons (Fsp3) is 0.125. The molecule has 3 aromatic rings. The summed E-state index contributed by atoms with van der Waals surface area (Å²) in [5, 5.41) is 2.48. The fourth-order valence-electron chi connectivity index (χ4n) is 2.26. The SMILES string of the molecule is O=C(NCCc1ccc2nc[nH]c2c1)c1ccc(F)c(F)c1F. The molecule has 0 saturated heterocycles. The van der Waals surface area contributed by atoms with Crippen LogP contribution in [0.25, 0.3) is 11.0 Å². The molecular weight excluding hydrogens is 307 g/mol. The molecule has 118 valence electrons. The topological polar surface area (TPSA) is 57.8 Å². The molecule has 7 heteroatoms. The van der Waals surface area contributed by atoms with Gasteiger partial charge in [-0.05, 0) is 36.2 Å². The van der Waals surface area contributed by atoms with Gasteiger partial charge in [0.15, 0.2) is 17.5 Å². The maximum absolute atomic E-state index is 13.5. The van der Waals surface area contributed by atoms with E-state index in [0.717, 1.165) is 28.7 Å². The fourth-order valence-corrected chi connectivity index (χ4v) is 2.26. The highest BCUT2D eigenvalue weighted by atomic mass is 19.2. The standard InChI is InChI=1S/C16H12F3N3O/c17-11-3-2-10(14(18)15(11)19)16(23)20-6-5-9-1-4-12-13(7-9)22-8-21-12/h1-4,7-8H,5-6H2,(H,20,23)(H,21,22). The number of carbonyl (C=O) groups excluding carboxylic acids is 1. The van der Waals surface area contributed by atoms with Gasteiger partial charge in [-0.3, -0.25) is 4.79 Å². The van der Waals surface area contributed by atoms with E-state index in [0.29, 0.717) is 6.42 Å². The molecule has 0 unspecified atom stereocenters. The second-order valence-corrected chi connectivity index (χ2v) is 4.98. The number of nitrogens with one attached hydrogen (secondary N) is 2. The van der Waals surface area contributed by atoms with Gasteiger partial charge in [-0.15, -0.1) is 0 Å². The number of H-pyrrole nitrogens is 1. The summed E-state index contributed by atoms with van der Waals surface area (Å²) in [6.07, 6.45) is 2.09. The first-order valence-corrected chi connectivity index (χ1v) is 6.90. The number of fused-ring (bicyclic) bond motifs is 1. The molecule has 1 aromatic heterocycles. The summed E-state index contributed by atoms with van der Waals surface area (Å²) in [4.78, 5) is 18.9. The van der Waals surface area contributed by atoms with Crippen LogP contribution in [0.4, 0.5) is 13.2 Å². The summed E-state index contributed by atoms with van der Waals surface area (Å²) < 4.78 is 39.5. The summed E-state index contributed by atoms with van der Waals surface area (Å²) in [7, 11) is 0. The van der Waals surface area contributed by atoms with Gasteiger partial charge in [0, 0.05) is 6.54 Å². The second-order valence-electron chi connectivity index (χ2n) is 4.98. The molecule has 1 heterocycles. The molecule has 1 amide bonds. The Bertz CT molecular complexity index is 876. The maximum atomic E-state index is 13.5. The number of amides is 1. The first-order valence-electron chi connectivity index (χ1n) is 6.90. The van der Waals surface area contributed by atoms with Gasteiger partial charge in [-0.2, -0.15) is 0 Å². The van der Waals surface area contributed by atoms with E-state index in [9.17, 15) is 18.0 Å². The van der Waals surface area contributed by atoms with Crippen molar-refractivity contribution in [2.45, 2.75) is 6.42 Å². The van der Waals surface area contributed by atoms with Crippen LogP contribution in [0.1, 0.15) is 15.9 Å². The number of rotatable bonds is 4. The summed E-state index contributed by atoms with van der Waals surface area (Å²) in [5.74, 6) is -5.25. The van der Waals surface area contributed by atoms with Crippen LogP contribution < -0.4 is 5.32 Å². The lowest BCUT2D eigenvalue weighted by Gasteiger charge is -2.07. The Balaban J connectivity index is 1.64. The van der Waals surface area contributed by atoms with Crippen molar-refractivity contribution in [1.29, 1.82) is 0 Å². The van der Waals surface area contributed by atoms with Crippen LogP contribution in [-0.2, 0) is 6.42 Å². The number of nitrogens with zero attached hydrogens (tertiary/aromatic N) is 1. The number of aromatic nitrogens is 2. The molecule has 3 rings (SSSR count). The Kier molecular flexibility index (Phi) is 4.01. The highest BCUT2D eigenvalue weighted by Crippen LogP contribution is 2.15. The third-order valence-electron chi connectivity index (χ3n) is 3.46. The van der Waals surface area contributed by atoms with Crippen molar-refractivity contribution in [2.75, 3.05) is 6.54 Å². The predicted octanol–water partition coefficient (Wildman–Crippen LogP) is 2.95. The minimum absolute atomic E-state index is 0.233. The molecule has 0 aliphatic heterocycles. The monoisotopic (exact) mass is 319 g/mol. The number of hydrogen-bond acceptors (Lipinski definition) is 2. The van der Waals surface area contributed by atoms with E-state index in [1.54, 1.807) is 6.33 Å². The van der Waals surface area contributed by atoms with E-state index in [1.165, 1.54) is 0 Å². The molecule has 0 bridgehead atoms. The van der Waals surface area contributed by atoms with Gasteiger partial charge in [0.2, 0.25) is 0 Å². The van der Waals surface area contributed by atoms with E-state index >= 15 is 0 Å². The molecule has 0 spiro atoms. The average molecular weight is 319 g/mol. The van der Waals surface area contributed by atoms with Crippen LogP contribution in [0.5, 0.6) is 0 Å². The molecule has 0 aliphatic carbocycles. The van der Waals surface area contributed by atoms with Gasteiger partial charge in [0.1, 0.15) is 0 Å². The van der Waals surface area contributed by atoms with Crippen molar-refractivity contribution in [3.63, 3.8) is 0 Å². The van der Waals surface area contributed by atoms with Crippen molar-refractivity contribution in [2.24, 2.45) is 0 Å². The smallest absolute Gasteiger partial charge is 0.254 e. The van der Waals surface area contributed by atoms with Crippen LogP contribution in [0.15, 0.2) is 36.7 Å². The van der Waals surface area contributed by atoms with Gasteiger partial charge in [0.25, 0.3) is 5.91 Å². The lowest BCUT2D eigenvalue weighted by Crippen LogP contribution is -2.27. The van der Waals surface area contributed by atoms with Crippen LogP contribution in [-0.4, -0.2) is 22.4 Å². The number of carbonyl (C=O) groups is 1. The number of benzene rings is 2. The Morgan fingerprint density at radius 1 is 1.13 bits per heavy atom. The largest absolute Gasteiger partial charge is 0.352 e. The zero-order chi connectivity index (χ0) is 16.4. The maximum Gasteiger partial charge on any atom is 0.254 e. The zero-order valence-electron chi connectivity index (χ0n) is 11.9. The quantitative estimate of drug-likeness (QED) is 0.727. The number of imidazole rings is 1. The number of aromatic amines is 1. The van der Waals surface area contributed by atoms with E-state index in [2.05, 4.69) is 15.3 Å². The lowest BCUT2D eigenvalue weighted by molar-refractivity contribution is 0.0949. The van der Waals surface area contributed by atoms with Crippen molar-refractivity contribution < 1.29 is 18.0 Å². The van der Waals surface area contributed by atoms with E-state index in [4.69, 9.17) is 0 Å². The van der Waals surface area contributed by atoms with E-state index in [1.807, 2.05) is 18.2 Å². The number of hydrogen-bond donors (Lipinski definition) is 2.